The van der Waals surface area contributed by atoms with E-state index in [2.05, 4.69) is 62.1 Å². The summed E-state index contributed by atoms with van der Waals surface area (Å²) in [5.74, 6) is 1.29. The van der Waals surface area contributed by atoms with Crippen LogP contribution in [0.25, 0.3) is 0 Å². The summed E-state index contributed by atoms with van der Waals surface area (Å²) in [6.07, 6.45) is 6.68. The number of rotatable bonds is 7. The molecule has 1 aromatic carbocycles. The van der Waals surface area contributed by atoms with Crippen molar-refractivity contribution in [1.29, 1.82) is 0 Å². The minimum atomic E-state index is -0.357. The molecule has 3 heterocycles. The maximum atomic E-state index is 13.8. The molecule has 0 aromatic heterocycles. The molecule has 1 N–H and O–H groups in total. The smallest absolute Gasteiger partial charge is 0.124 e. The summed E-state index contributed by atoms with van der Waals surface area (Å²) in [5, 5.41) is 2.28. The number of amidine groups is 1. The van der Waals surface area contributed by atoms with Gasteiger partial charge in [0.15, 0.2) is 0 Å². The zero-order valence-electron chi connectivity index (χ0n) is 16.9. The van der Waals surface area contributed by atoms with Gasteiger partial charge in [-0.3, -0.25) is 18.5 Å². The van der Waals surface area contributed by atoms with Gasteiger partial charge in [-0.1, -0.05) is 23.7 Å². The van der Waals surface area contributed by atoms with E-state index >= 15 is 0 Å². The highest BCUT2D eigenvalue weighted by Gasteiger charge is 2.39. The molecule has 3 atom stereocenters. The van der Waals surface area contributed by atoms with Crippen LogP contribution in [0.4, 0.5) is 4.39 Å². The largest absolute Gasteiger partial charge is 0.331 e. The third kappa shape index (κ3) is 4.81. The highest BCUT2D eigenvalue weighted by atomic mass is 127. The average Bonchev–Trinajstić information content (AvgIpc) is 3.37. The molecule has 0 saturated carbocycles. The molecule has 1 saturated heterocycles. The Bertz CT molecular complexity index is 1030. The number of aliphatic imine (C=N–C) groups is 3. The maximum absolute atomic E-state index is 13.8. The number of halogens is 3. The molecule has 0 bridgehead atoms. The zero-order valence-corrected chi connectivity index (χ0v) is 20.7. The van der Waals surface area contributed by atoms with Gasteiger partial charge in [0.1, 0.15) is 17.7 Å². The van der Waals surface area contributed by atoms with Crippen LogP contribution in [0.15, 0.2) is 68.2 Å². The molecule has 0 amide bonds. The fraction of sp³-hybridized carbons (Fsp3) is 0.318. The molecular weight excluding hydrogens is 548 g/mol. The SMILES string of the molecule is C=N/C=C\SCC1=NC(c2ccc(F)cc2Cl)C(C2=NC(C)C=C2)=C2CC(NI)CN12. The molecule has 0 spiro atoms. The van der Waals surface area contributed by atoms with Crippen molar-refractivity contribution in [3.63, 3.8) is 0 Å². The van der Waals surface area contributed by atoms with Crippen LogP contribution in [0, 0.1) is 5.82 Å². The van der Waals surface area contributed by atoms with Crippen molar-refractivity contribution in [3.05, 3.63) is 69.6 Å². The molecule has 4 rings (SSSR count). The van der Waals surface area contributed by atoms with Crippen LogP contribution >= 0.6 is 46.2 Å². The molecule has 0 radical (unpaired) electrons. The number of nitrogens with one attached hydrogen (secondary N) is 1. The first-order chi connectivity index (χ1) is 15.0. The predicted octanol–water partition coefficient (Wildman–Crippen LogP) is 5.50. The van der Waals surface area contributed by atoms with Crippen LogP contribution in [0.3, 0.4) is 0 Å². The van der Waals surface area contributed by atoms with Gasteiger partial charge < -0.3 is 4.90 Å². The normalized spacial score (nSPS) is 25.3. The Morgan fingerprint density at radius 3 is 2.97 bits per heavy atom. The molecule has 3 unspecified atom stereocenters. The van der Waals surface area contributed by atoms with Crippen molar-refractivity contribution in [2.24, 2.45) is 15.0 Å². The van der Waals surface area contributed by atoms with Gasteiger partial charge in [0.2, 0.25) is 0 Å². The summed E-state index contributed by atoms with van der Waals surface area (Å²) in [5.41, 5.74) is 3.98. The Morgan fingerprint density at radius 2 is 2.29 bits per heavy atom. The Labute approximate surface area is 204 Å². The number of nitrogens with zero attached hydrogens (tertiary/aromatic N) is 4. The lowest BCUT2D eigenvalue weighted by molar-refractivity contribution is 0.530. The Hall–Kier alpha value is -1.49. The van der Waals surface area contributed by atoms with Gasteiger partial charge >= 0.3 is 0 Å². The second kappa shape index (κ2) is 9.97. The van der Waals surface area contributed by atoms with Crippen LogP contribution in [0.5, 0.6) is 0 Å². The number of hydrogen-bond acceptors (Lipinski definition) is 6. The van der Waals surface area contributed by atoms with Gasteiger partial charge in [-0.05, 0) is 37.3 Å². The third-order valence-electron chi connectivity index (χ3n) is 5.38. The molecule has 3 aliphatic rings. The molecule has 3 aliphatic heterocycles. The van der Waals surface area contributed by atoms with E-state index < -0.39 is 0 Å². The molecular formula is C22H22ClFIN5S. The van der Waals surface area contributed by atoms with E-state index in [0.717, 1.165) is 35.6 Å². The van der Waals surface area contributed by atoms with Crippen molar-refractivity contribution < 1.29 is 4.39 Å². The lowest BCUT2D eigenvalue weighted by atomic mass is 9.91. The van der Waals surface area contributed by atoms with Crippen molar-refractivity contribution in [1.82, 2.24) is 8.43 Å². The molecule has 162 valence electrons. The lowest BCUT2D eigenvalue weighted by Gasteiger charge is -2.33. The number of fused-ring (bicyclic) bond motifs is 1. The van der Waals surface area contributed by atoms with E-state index in [1.807, 2.05) is 5.41 Å². The van der Waals surface area contributed by atoms with E-state index in [-0.39, 0.29) is 17.9 Å². The number of hydrogen-bond donors (Lipinski definition) is 1. The zero-order chi connectivity index (χ0) is 22.0. The number of benzene rings is 1. The van der Waals surface area contributed by atoms with Crippen molar-refractivity contribution >= 4 is 64.5 Å². The van der Waals surface area contributed by atoms with Gasteiger partial charge in [-0.2, -0.15) is 0 Å². The van der Waals surface area contributed by atoms with Gasteiger partial charge in [-0.15, -0.1) is 11.8 Å². The van der Waals surface area contributed by atoms with Crippen LogP contribution in [0.2, 0.25) is 5.02 Å². The summed E-state index contributed by atoms with van der Waals surface area (Å²) < 4.78 is 17.2. The Balaban J connectivity index is 1.82. The van der Waals surface area contributed by atoms with Crippen LogP contribution in [-0.2, 0) is 0 Å². The first kappa shape index (κ1) is 22.7. The molecule has 1 aromatic rings. The summed E-state index contributed by atoms with van der Waals surface area (Å²) in [6, 6.07) is 4.62. The summed E-state index contributed by atoms with van der Waals surface area (Å²) in [6.45, 7) is 6.37. The quantitative estimate of drug-likeness (QED) is 0.268. The van der Waals surface area contributed by atoms with Gasteiger partial charge in [-0.25, -0.2) is 4.39 Å². The van der Waals surface area contributed by atoms with E-state index in [1.54, 1.807) is 24.0 Å². The van der Waals surface area contributed by atoms with E-state index in [9.17, 15) is 4.39 Å². The van der Waals surface area contributed by atoms with E-state index in [1.165, 1.54) is 17.8 Å². The molecule has 31 heavy (non-hydrogen) atoms. The van der Waals surface area contributed by atoms with Gasteiger partial charge in [0.25, 0.3) is 0 Å². The third-order valence-corrected chi connectivity index (χ3v) is 7.33. The first-order valence-electron chi connectivity index (χ1n) is 9.89. The predicted molar refractivity (Wildman–Crippen MR) is 138 cm³/mol. The maximum Gasteiger partial charge on any atom is 0.124 e. The fourth-order valence-corrected chi connectivity index (χ4v) is 5.36. The minimum absolute atomic E-state index is 0.123. The second-order valence-electron chi connectivity index (χ2n) is 7.49. The standard InChI is InChI=1S/C22H22ClFIN5S/c1-13-3-6-18(27-13)21-19-10-15(29-25)11-30(19)20(12-31-8-7-26-2)28-22(21)16-5-4-14(24)9-17(16)23/h3-9,13,15,22,29H,2,10-12H2,1H3/b8-7-. The summed E-state index contributed by atoms with van der Waals surface area (Å²) >= 11 is 10.3. The van der Waals surface area contributed by atoms with Crippen LogP contribution in [0.1, 0.15) is 24.9 Å². The van der Waals surface area contributed by atoms with Crippen molar-refractivity contribution in [2.45, 2.75) is 31.5 Å². The molecule has 1 fully saturated rings. The number of thioether (sulfide) groups is 1. The van der Waals surface area contributed by atoms with Crippen molar-refractivity contribution in [3.8, 4) is 0 Å². The summed E-state index contributed by atoms with van der Waals surface area (Å²) in [7, 11) is 0. The van der Waals surface area contributed by atoms with Gasteiger partial charge in [0.05, 0.1) is 17.5 Å². The number of allylic oxidation sites excluding steroid dienone is 1. The molecule has 0 aliphatic carbocycles. The van der Waals surface area contributed by atoms with E-state index in [0.29, 0.717) is 16.8 Å². The Morgan fingerprint density at radius 1 is 1.45 bits per heavy atom. The monoisotopic (exact) mass is 569 g/mol. The first-order valence-corrected chi connectivity index (χ1v) is 12.4. The highest BCUT2D eigenvalue weighted by molar-refractivity contribution is 14.1. The molecule has 9 heteroatoms. The average molecular weight is 570 g/mol. The van der Waals surface area contributed by atoms with Crippen LogP contribution in [-0.4, -0.2) is 47.5 Å². The summed E-state index contributed by atoms with van der Waals surface area (Å²) in [4.78, 5) is 16.0. The second-order valence-corrected chi connectivity index (χ2v) is 9.41. The lowest BCUT2D eigenvalue weighted by Crippen LogP contribution is -2.37. The van der Waals surface area contributed by atoms with E-state index in [4.69, 9.17) is 21.6 Å². The topological polar surface area (TPSA) is 52.4 Å². The highest BCUT2D eigenvalue weighted by Crippen LogP contribution is 2.43. The van der Waals surface area contributed by atoms with Crippen LogP contribution < -0.4 is 3.53 Å². The molecule has 5 nitrogen and oxygen atoms in total. The Kier molecular flexibility index (Phi) is 7.30. The van der Waals surface area contributed by atoms with Gasteiger partial charge in [0, 0.05) is 69.9 Å². The fourth-order valence-electron chi connectivity index (χ4n) is 4.02. The minimum Gasteiger partial charge on any atom is -0.331 e. The van der Waals surface area contributed by atoms with Crippen molar-refractivity contribution in [2.75, 3.05) is 12.3 Å².